The monoisotopic (exact) mass is 213 g/mol. The fourth-order valence-corrected chi connectivity index (χ4v) is 1.23. The molecule has 1 unspecified atom stereocenters. The van der Waals surface area contributed by atoms with Crippen molar-refractivity contribution in [2.24, 2.45) is 18.2 Å². The minimum absolute atomic E-state index is 0.0396. The van der Waals surface area contributed by atoms with E-state index in [2.05, 4.69) is 0 Å². The van der Waals surface area contributed by atoms with Crippen LogP contribution >= 0.6 is 0 Å². The van der Waals surface area contributed by atoms with Crippen LogP contribution in [0.5, 0.6) is 5.88 Å². The maximum atomic E-state index is 11.6. The second kappa shape index (κ2) is 3.73. The third-order valence-corrected chi connectivity index (χ3v) is 2.61. The Balaban J connectivity index is 2.95. The first kappa shape index (κ1) is 11.8. The Kier molecular flexibility index (Phi) is 2.95. The molecule has 1 atom stereocenters. The van der Waals surface area contributed by atoms with Crippen LogP contribution in [0.1, 0.15) is 20.8 Å². The van der Waals surface area contributed by atoms with E-state index >= 15 is 0 Å². The zero-order valence-corrected chi connectivity index (χ0v) is 9.69. The summed E-state index contributed by atoms with van der Waals surface area (Å²) in [7, 11) is 1.60. The number of rotatable bonds is 2. The molecule has 1 rings (SSSR count). The number of hydrogen-bond donors (Lipinski definition) is 2. The van der Waals surface area contributed by atoms with Crippen molar-refractivity contribution >= 4 is 0 Å². The van der Waals surface area contributed by atoms with Crippen LogP contribution < -0.4 is 11.4 Å². The normalized spacial score (nSPS) is 14.2. The molecule has 5 nitrogen and oxygen atoms in total. The molecule has 0 bridgehead atoms. The molecule has 15 heavy (non-hydrogen) atoms. The Morgan fingerprint density at radius 2 is 2.07 bits per heavy atom. The largest absolute Gasteiger partial charge is 0.493 e. The molecule has 0 aromatic carbocycles. The molecule has 0 radical (unpaired) electrons. The second-order valence-electron chi connectivity index (χ2n) is 4.96. The van der Waals surface area contributed by atoms with Gasteiger partial charge < -0.3 is 10.8 Å². The maximum Gasteiger partial charge on any atom is 0.330 e. The number of aromatic nitrogens is 2. The van der Waals surface area contributed by atoms with Gasteiger partial charge in [-0.3, -0.25) is 9.13 Å². The van der Waals surface area contributed by atoms with Gasteiger partial charge in [0.05, 0.1) is 6.20 Å². The standard InChI is InChI=1S/C10H19N3O2/c1-10(2,3)7(11)5-13-8(14)6-12(4)9(13)15/h6-7,14H,5,11H2,1-4H3. The summed E-state index contributed by atoms with van der Waals surface area (Å²) < 4.78 is 2.63. The quantitative estimate of drug-likeness (QED) is 0.740. The molecule has 3 N–H and O–H groups in total. The van der Waals surface area contributed by atoms with Crippen LogP contribution in [0.25, 0.3) is 0 Å². The van der Waals surface area contributed by atoms with Crippen LogP contribution in [0.3, 0.4) is 0 Å². The molecule has 86 valence electrons. The number of aromatic hydroxyl groups is 1. The summed E-state index contributed by atoms with van der Waals surface area (Å²) in [5.41, 5.74) is 5.61. The van der Waals surface area contributed by atoms with Crippen LogP contribution in [0.2, 0.25) is 0 Å². The first-order valence-corrected chi connectivity index (χ1v) is 4.94. The molecule has 0 aliphatic carbocycles. The lowest BCUT2D eigenvalue weighted by atomic mass is 9.87. The zero-order chi connectivity index (χ0) is 11.8. The van der Waals surface area contributed by atoms with Crippen LogP contribution in [0.4, 0.5) is 0 Å². The first-order chi connectivity index (χ1) is 6.73. The smallest absolute Gasteiger partial charge is 0.330 e. The van der Waals surface area contributed by atoms with Crippen LogP contribution in [-0.2, 0) is 13.6 Å². The number of hydrogen-bond acceptors (Lipinski definition) is 3. The Labute approximate surface area is 89.1 Å². The average Bonchev–Trinajstić information content (AvgIpc) is 2.30. The summed E-state index contributed by atoms with van der Waals surface area (Å²) in [6, 6.07) is -0.177. The minimum atomic E-state index is -0.243. The van der Waals surface area contributed by atoms with Gasteiger partial charge in [0.2, 0.25) is 5.88 Å². The molecule has 5 heteroatoms. The van der Waals surface area contributed by atoms with Gasteiger partial charge in [0.25, 0.3) is 0 Å². The van der Waals surface area contributed by atoms with E-state index in [1.807, 2.05) is 20.8 Å². The highest BCUT2D eigenvalue weighted by Gasteiger charge is 2.22. The lowest BCUT2D eigenvalue weighted by Gasteiger charge is -2.27. The van der Waals surface area contributed by atoms with Gasteiger partial charge in [-0.2, -0.15) is 0 Å². The van der Waals surface area contributed by atoms with Crippen molar-refractivity contribution in [2.75, 3.05) is 0 Å². The molecule has 0 saturated heterocycles. The van der Waals surface area contributed by atoms with Crippen molar-refractivity contribution < 1.29 is 5.11 Å². The SMILES string of the molecule is Cn1cc(O)n(CC(N)C(C)(C)C)c1=O. The van der Waals surface area contributed by atoms with Crippen molar-refractivity contribution in [1.29, 1.82) is 0 Å². The van der Waals surface area contributed by atoms with Crippen molar-refractivity contribution in [1.82, 2.24) is 9.13 Å². The second-order valence-corrected chi connectivity index (χ2v) is 4.96. The lowest BCUT2D eigenvalue weighted by Crippen LogP contribution is -2.41. The number of aryl methyl sites for hydroxylation is 1. The number of nitrogens with two attached hydrogens (primary N) is 1. The van der Waals surface area contributed by atoms with Gasteiger partial charge in [-0.05, 0) is 5.41 Å². The van der Waals surface area contributed by atoms with E-state index in [1.54, 1.807) is 7.05 Å². The van der Waals surface area contributed by atoms with Gasteiger partial charge in [-0.25, -0.2) is 4.79 Å². The summed E-state index contributed by atoms with van der Waals surface area (Å²) in [5.74, 6) is -0.0396. The van der Waals surface area contributed by atoms with E-state index in [9.17, 15) is 9.90 Å². The highest BCUT2D eigenvalue weighted by Crippen LogP contribution is 2.19. The molecular weight excluding hydrogens is 194 g/mol. The summed E-state index contributed by atoms with van der Waals surface area (Å²) in [6.45, 7) is 6.34. The Hall–Kier alpha value is -1.23. The molecule has 0 spiro atoms. The van der Waals surface area contributed by atoms with E-state index in [0.29, 0.717) is 6.54 Å². The van der Waals surface area contributed by atoms with Crippen LogP contribution in [0, 0.1) is 5.41 Å². The van der Waals surface area contributed by atoms with E-state index in [-0.39, 0.29) is 23.0 Å². The molecule has 1 aromatic heterocycles. The van der Waals surface area contributed by atoms with Crippen LogP contribution in [-0.4, -0.2) is 20.3 Å². The topological polar surface area (TPSA) is 73.2 Å². The predicted molar refractivity (Wildman–Crippen MR) is 58.8 cm³/mol. The Bertz CT molecular complexity index is 398. The van der Waals surface area contributed by atoms with Gasteiger partial charge >= 0.3 is 5.69 Å². The number of nitrogens with zero attached hydrogens (tertiary/aromatic N) is 2. The lowest BCUT2D eigenvalue weighted by molar-refractivity contribution is 0.277. The summed E-state index contributed by atoms with van der Waals surface area (Å²) >= 11 is 0. The zero-order valence-electron chi connectivity index (χ0n) is 9.69. The highest BCUT2D eigenvalue weighted by molar-refractivity contribution is 5.05. The fraction of sp³-hybridized carbons (Fsp3) is 0.700. The van der Waals surface area contributed by atoms with Gasteiger partial charge in [-0.1, -0.05) is 20.8 Å². The van der Waals surface area contributed by atoms with Gasteiger partial charge in [-0.15, -0.1) is 0 Å². The molecule has 0 aliphatic heterocycles. The predicted octanol–water partition coefficient (Wildman–Crippen LogP) is 0.266. The molecule has 0 saturated carbocycles. The first-order valence-electron chi connectivity index (χ1n) is 4.94. The molecule has 1 aromatic rings. The average molecular weight is 213 g/mol. The summed E-state index contributed by atoms with van der Waals surface area (Å²) in [6.07, 6.45) is 1.39. The fourth-order valence-electron chi connectivity index (χ4n) is 1.23. The van der Waals surface area contributed by atoms with Crippen molar-refractivity contribution in [3.8, 4) is 5.88 Å². The highest BCUT2D eigenvalue weighted by atomic mass is 16.3. The van der Waals surface area contributed by atoms with Crippen LogP contribution in [0.15, 0.2) is 11.0 Å². The van der Waals surface area contributed by atoms with Gasteiger partial charge in [0.15, 0.2) is 0 Å². The third kappa shape index (κ3) is 2.41. The molecular formula is C10H19N3O2. The van der Waals surface area contributed by atoms with Crippen molar-refractivity contribution in [3.05, 3.63) is 16.7 Å². The van der Waals surface area contributed by atoms with Crippen molar-refractivity contribution in [2.45, 2.75) is 33.4 Å². The van der Waals surface area contributed by atoms with E-state index in [0.717, 1.165) is 0 Å². The van der Waals surface area contributed by atoms with E-state index < -0.39 is 0 Å². The van der Waals surface area contributed by atoms with Crippen molar-refractivity contribution in [3.63, 3.8) is 0 Å². The maximum absolute atomic E-state index is 11.6. The van der Waals surface area contributed by atoms with E-state index in [1.165, 1.54) is 15.3 Å². The third-order valence-electron chi connectivity index (χ3n) is 2.61. The Morgan fingerprint density at radius 1 is 1.53 bits per heavy atom. The van der Waals surface area contributed by atoms with Gasteiger partial charge in [0.1, 0.15) is 0 Å². The molecule has 1 heterocycles. The number of imidazole rings is 1. The molecule has 0 amide bonds. The van der Waals surface area contributed by atoms with E-state index in [4.69, 9.17) is 5.73 Å². The molecule has 0 aliphatic rings. The minimum Gasteiger partial charge on any atom is -0.493 e. The molecule has 0 fully saturated rings. The summed E-state index contributed by atoms with van der Waals surface area (Å²) in [5, 5.41) is 9.51. The summed E-state index contributed by atoms with van der Waals surface area (Å²) in [4.78, 5) is 11.6. The Morgan fingerprint density at radius 3 is 2.40 bits per heavy atom. The van der Waals surface area contributed by atoms with Gasteiger partial charge in [0, 0.05) is 19.6 Å².